The highest BCUT2D eigenvalue weighted by Crippen LogP contribution is 2.10. The van der Waals surface area contributed by atoms with E-state index >= 15 is 0 Å². The van der Waals surface area contributed by atoms with Gasteiger partial charge in [0.15, 0.2) is 0 Å². The van der Waals surface area contributed by atoms with Gasteiger partial charge in [-0.2, -0.15) is 0 Å². The van der Waals surface area contributed by atoms with Crippen molar-refractivity contribution >= 4 is 0 Å². The summed E-state index contributed by atoms with van der Waals surface area (Å²) in [6.07, 6.45) is 8.51. The fraction of sp³-hybridized carbons (Fsp3) is 1.00. The van der Waals surface area contributed by atoms with Gasteiger partial charge in [0.2, 0.25) is 0 Å². The molecule has 3 heteroatoms. The summed E-state index contributed by atoms with van der Waals surface area (Å²) in [5.41, 5.74) is 0. The highest BCUT2D eigenvalue weighted by Gasteiger charge is 2.11. The molecule has 0 radical (unpaired) electrons. The molecule has 0 N–H and O–H groups in total. The molecular formula is C14H28N2O. The maximum Gasteiger partial charge on any atom is 0.0594 e. The molecule has 2 rings (SSSR count). The highest BCUT2D eigenvalue weighted by molar-refractivity contribution is 4.66. The third-order valence-electron chi connectivity index (χ3n) is 4.00. The van der Waals surface area contributed by atoms with E-state index in [1.165, 1.54) is 64.7 Å². The molecule has 3 nitrogen and oxygen atoms in total. The average molecular weight is 240 g/mol. The molecule has 0 amide bonds. The molecule has 0 aliphatic carbocycles. The van der Waals surface area contributed by atoms with Crippen LogP contribution in [0.25, 0.3) is 0 Å². The van der Waals surface area contributed by atoms with Gasteiger partial charge in [-0.25, -0.2) is 0 Å². The lowest BCUT2D eigenvalue weighted by Crippen LogP contribution is -2.38. The number of hydrogen-bond acceptors (Lipinski definition) is 3. The normalized spacial score (nSPS) is 25.4. The molecule has 2 saturated heterocycles. The number of nitrogens with zero attached hydrogens (tertiary/aromatic N) is 2. The molecule has 0 saturated carbocycles. The first-order valence-electron chi connectivity index (χ1n) is 7.47. The van der Waals surface area contributed by atoms with Gasteiger partial charge in [0.25, 0.3) is 0 Å². The van der Waals surface area contributed by atoms with Crippen molar-refractivity contribution in [1.29, 1.82) is 0 Å². The van der Waals surface area contributed by atoms with Crippen LogP contribution >= 0.6 is 0 Å². The van der Waals surface area contributed by atoms with Crippen LogP contribution < -0.4 is 0 Å². The number of ether oxygens (including phenoxy) is 1. The summed E-state index contributed by atoms with van der Waals surface area (Å²) in [6.45, 7) is 9.39. The Bertz CT molecular complexity index is 185. The van der Waals surface area contributed by atoms with Gasteiger partial charge < -0.3 is 9.64 Å². The van der Waals surface area contributed by atoms with Crippen LogP contribution in [-0.4, -0.2) is 62.3 Å². The minimum Gasteiger partial charge on any atom is -0.379 e. The predicted octanol–water partition coefficient (Wildman–Crippen LogP) is 1.97. The topological polar surface area (TPSA) is 15.7 Å². The van der Waals surface area contributed by atoms with Crippen LogP contribution in [-0.2, 0) is 4.74 Å². The third kappa shape index (κ3) is 5.36. The van der Waals surface area contributed by atoms with Gasteiger partial charge in [0.05, 0.1) is 13.2 Å². The molecule has 0 atom stereocenters. The molecule has 0 aromatic carbocycles. The molecule has 2 fully saturated rings. The van der Waals surface area contributed by atoms with E-state index < -0.39 is 0 Å². The van der Waals surface area contributed by atoms with E-state index in [9.17, 15) is 0 Å². The van der Waals surface area contributed by atoms with Crippen molar-refractivity contribution in [2.75, 3.05) is 52.5 Å². The monoisotopic (exact) mass is 240 g/mol. The van der Waals surface area contributed by atoms with Gasteiger partial charge in [-0.15, -0.1) is 0 Å². The van der Waals surface area contributed by atoms with Crippen molar-refractivity contribution < 1.29 is 4.74 Å². The largest absolute Gasteiger partial charge is 0.379 e. The Kier molecular flexibility index (Phi) is 6.32. The first kappa shape index (κ1) is 13.3. The second-order valence-electron chi connectivity index (χ2n) is 5.42. The van der Waals surface area contributed by atoms with Gasteiger partial charge in [0.1, 0.15) is 0 Å². The van der Waals surface area contributed by atoms with E-state index in [2.05, 4.69) is 9.80 Å². The van der Waals surface area contributed by atoms with Crippen LogP contribution in [0.4, 0.5) is 0 Å². The van der Waals surface area contributed by atoms with Crippen LogP contribution in [0, 0.1) is 0 Å². The Morgan fingerprint density at radius 3 is 1.82 bits per heavy atom. The molecule has 17 heavy (non-hydrogen) atoms. The number of likely N-dealkylation sites (tertiary alicyclic amines) is 1. The lowest BCUT2D eigenvalue weighted by atomic mass is 10.1. The van der Waals surface area contributed by atoms with Gasteiger partial charge in [-0.05, 0) is 45.4 Å². The molecule has 2 aliphatic rings. The van der Waals surface area contributed by atoms with Gasteiger partial charge in [-0.1, -0.05) is 19.3 Å². The van der Waals surface area contributed by atoms with Crippen molar-refractivity contribution in [3.8, 4) is 0 Å². The van der Waals surface area contributed by atoms with E-state index in [0.29, 0.717) is 0 Å². The summed E-state index contributed by atoms with van der Waals surface area (Å²) in [7, 11) is 0. The zero-order chi connectivity index (χ0) is 11.8. The highest BCUT2D eigenvalue weighted by atomic mass is 16.5. The molecule has 0 unspecified atom stereocenters. The zero-order valence-electron chi connectivity index (χ0n) is 11.2. The summed E-state index contributed by atoms with van der Waals surface area (Å²) < 4.78 is 5.37. The Hall–Kier alpha value is -0.120. The van der Waals surface area contributed by atoms with Crippen LogP contribution in [0.2, 0.25) is 0 Å². The van der Waals surface area contributed by atoms with E-state index in [1.807, 2.05) is 0 Å². The standard InChI is InChI=1S/C14H28N2O/c1-2-4-7-15(8-5-3-1)9-6-10-16-11-13-17-14-12-16/h1-14H2. The minimum atomic E-state index is 0.934. The average Bonchev–Trinajstić information content (AvgIpc) is 2.33. The second kappa shape index (κ2) is 8.06. The maximum absolute atomic E-state index is 5.37. The molecule has 0 aromatic heterocycles. The minimum absolute atomic E-state index is 0.934. The summed E-state index contributed by atoms with van der Waals surface area (Å²) >= 11 is 0. The summed E-state index contributed by atoms with van der Waals surface area (Å²) in [5.74, 6) is 0. The quantitative estimate of drug-likeness (QED) is 0.747. The van der Waals surface area contributed by atoms with Gasteiger partial charge >= 0.3 is 0 Å². The molecule has 0 bridgehead atoms. The smallest absolute Gasteiger partial charge is 0.0594 e. The van der Waals surface area contributed by atoms with Crippen molar-refractivity contribution in [3.63, 3.8) is 0 Å². The van der Waals surface area contributed by atoms with Crippen molar-refractivity contribution in [1.82, 2.24) is 9.80 Å². The van der Waals surface area contributed by atoms with Crippen molar-refractivity contribution in [2.24, 2.45) is 0 Å². The van der Waals surface area contributed by atoms with Gasteiger partial charge in [0, 0.05) is 13.1 Å². The fourth-order valence-corrected chi connectivity index (χ4v) is 2.88. The van der Waals surface area contributed by atoms with Crippen molar-refractivity contribution in [3.05, 3.63) is 0 Å². The SMILES string of the molecule is C1CCCN(CCCN2CCOCC2)CCC1. The lowest BCUT2D eigenvalue weighted by molar-refractivity contribution is 0.0360. The second-order valence-corrected chi connectivity index (χ2v) is 5.42. The third-order valence-corrected chi connectivity index (χ3v) is 4.00. The first-order chi connectivity index (χ1) is 8.45. The summed E-state index contributed by atoms with van der Waals surface area (Å²) in [5, 5.41) is 0. The lowest BCUT2D eigenvalue weighted by Gasteiger charge is -2.29. The predicted molar refractivity (Wildman–Crippen MR) is 71.4 cm³/mol. The number of rotatable bonds is 4. The number of morpholine rings is 1. The van der Waals surface area contributed by atoms with E-state index in [-0.39, 0.29) is 0 Å². The molecule has 0 aromatic rings. The van der Waals surface area contributed by atoms with Gasteiger partial charge in [-0.3, -0.25) is 4.90 Å². The van der Waals surface area contributed by atoms with Crippen LogP contribution in [0.5, 0.6) is 0 Å². The van der Waals surface area contributed by atoms with E-state index in [0.717, 1.165) is 26.3 Å². The zero-order valence-corrected chi connectivity index (χ0v) is 11.2. The Morgan fingerprint density at radius 1 is 0.647 bits per heavy atom. The van der Waals surface area contributed by atoms with Crippen molar-refractivity contribution in [2.45, 2.75) is 38.5 Å². The van der Waals surface area contributed by atoms with E-state index in [4.69, 9.17) is 4.74 Å². The Balaban J connectivity index is 1.56. The Morgan fingerprint density at radius 2 is 1.18 bits per heavy atom. The van der Waals surface area contributed by atoms with Crippen LogP contribution in [0.1, 0.15) is 38.5 Å². The summed E-state index contributed by atoms with van der Waals surface area (Å²) in [6, 6.07) is 0. The molecule has 2 heterocycles. The molecule has 2 aliphatic heterocycles. The molecule has 100 valence electrons. The molecular weight excluding hydrogens is 212 g/mol. The number of hydrogen-bond donors (Lipinski definition) is 0. The maximum atomic E-state index is 5.37. The van der Waals surface area contributed by atoms with E-state index in [1.54, 1.807) is 0 Å². The first-order valence-corrected chi connectivity index (χ1v) is 7.47. The molecule has 0 spiro atoms. The van der Waals surface area contributed by atoms with Crippen LogP contribution in [0.3, 0.4) is 0 Å². The Labute approximate surface area is 106 Å². The van der Waals surface area contributed by atoms with Crippen LogP contribution in [0.15, 0.2) is 0 Å². The fourth-order valence-electron chi connectivity index (χ4n) is 2.88. The summed E-state index contributed by atoms with van der Waals surface area (Å²) in [4.78, 5) is 5.23.